The van der Waals surface area contributed by atoms with Crippen LogP contribution in [0.25, 0.3) is 5.52 Å². The molecule has 1 saturated heterocycles. The van der Waals surface area contributed by atoms with Crippen molar-refractivity contribution in [2.24, 2.45) is 0 Å². The second-order valence-electron chi connectivity index (χ2n) is 7.39. The SMILES string of the molecule is Cc1c(C(=O)O)cn2ncc(C#N)c(NC3CCN(C(=O)c4ccccc4)CC3)c12. The van der Waals surface area contributed by atoms with Gasteiger partial charge in [0.25, 0.3) is 5.91 Å². The normalized spacial score (nSPS) is 14.5. The molecule has 0 spiro atoms. The van der Waals surface area contributed by atoms with Gasteiger partial charge in [-0.2, -0.15) is 10.4 Å². The summed E-state index contributed by atoms with van der Waals surface area (Å²) in [5, 5.41) is 26.6. The van der Waals surface area contributed by atoms with Gasteiger partial charge in [-0.25, -0.2) is 9.31 Å². The quantitative estimate of drug-likeness (QED) is 0.693. The van der Waals surface area contributed by atoms with Gasteiger partial charge in [-0.05, 0) is 37.5 Å². The van der Waals surface area contributed by atoms with Crippen LogP contribution in [-0.4, -0.2) is 50.6 Å². The second-order valence-corrected chi connectivity index (χ2v) is 7.39. The van der Waals surface area contributed by atoms with Crippen molar-refractivity contribution in [3.8, 4) is 6.07 Å². The number of carboxylic acid groups (broad SMARTS) is 1. The number of carboxylic acids is 1. The number of nitrogens with one attached hydrogen (secondary N) is 1. The van der Waals surface area contributed by atoms with E-state index in [1.54, 1.807) is 6.92 Å². The number of carbonyl (C=O) groups excluding carboxylic acids is 1. The average Bonchev–Trinajstić information content (AvgIpc) is 3.12. The van der Waals surface area contributed by atoms with Gasteiger partial charge in [0.2, 0.25) is 0 Å². The van der Waals surface area contributed by atoms with Crippen LogP contribution in [0.3, 0.4) is 0 Å². The number of nitrogens with zero attached hydrogens (tertiary/aromatic N) is 4. The summed E-state index contributed by atoms with van der Waals surface area (Å²) >= 11 is 0. The number of amides is 1. The second kappa shape index (κ2) is 7.87. The van der Waals surface area contributed by atoms with E-state index in [1.165, 1.54) is 16.9 Å². The highest BCUT2D eigenvalue weighted by Crippen LogP contribution is 2.29. The van der Waals surface area contributed by atoms with Gasteiger partial charge < -0.3 is 15.3 Å². The summed E-state index contributed by atoms with van der Waals surface area (Å²) in [4.78, 5) is 26.0. The minimum atomic E-state index is -1.03. The van der Waals surface area contributed by atoms with Crippen molar-refractivity contribution in [2.75, 3.05) is 18.4 Å². The fraction of sp³-hybridized carbons (Fsp3) is 0.273. The van der Waals surface area contributed by atoms with Gasteiger partial charge in [-0.3, -0.25) is 4.79 Å². The summed E-state index contributed by atoms with van der Waals surface area (Å²) in [5.74, 6) is -1.01. The zero-order chi connectivity index (χ0) is 21.3. The summed E-state index contributed by atoms with van der Waals surface area (Å²) < 4.78 is 1.50. The molecule has 0 saturated carbocycles. The van der Waals surface area contributed by atoms with Crippen molar-refractivity contribution >= 4 is 23.1 Å². The Hall–Kier alpha value is -3.86. The molecule has 0 radical (unpaired) electrons. The summed E-state index contributed by atoms with van der Waals surface area (Å²) in [6.07, 6.45) is 4.35. The van der Waals surface area contributed by atoms with E-state index in [1.807, 2.05) is 35.2 Å². The Bertz CT molecular complexity index is 1150. The van der Waals surface area contributed by atoms with Gasteiger partial charge in [-0.15, -0.1) is 0 Å². The summed E-state index contributed by atoms with van der Waals surface area (Å²) in [6.45, 7) is 2.93. The number of hydrogen-bond donors (Lipinski definition) is 2. The van der Waals surface area contributed by atoms with Crippen molar-refractivity contribution in [2.45, 2.75) is 25.8 Å². The lowest BCUT2D eigenvalue weighted by atomic mass is 10.0. The van der Waals surface area contributed by atoms with E-state index in [0.29, 0.717) is 41.0 Å². The number of anilines is 1. The van der Waals surface area contributed by atoms with Crippen LogP contribution in [0.15, 0.2) is 42.7 Å². The Balaban J connectivity index is 1.55. The average molecular weight is 403 g/mol. The maximum Gasteiger partial charge on any atom is 0.337 e. The number of piperidine rings is 1. The van der Waals surface area contributed by atoms with Gasteiger partial charge in [0.15, 0.2) is 0 Å². The van der Waals surface area contributed by atoms with Crippen molar-refractivity contribution in [1.82, 2.24) is 14.5 Å². The van der Waals surface area contributed by atoms with E-state index >= 15 is 0 Å². The van der Waals surface area contributed by atoms with Gasteiger partial charge in [-0.1, -0.05) is 18.2 Å². The summed E-state index contributed by atoms with van der Waals surface area (Å²) in [5.41, 5.74) is 2.94. The first kappa shape index (κ1) is 19.5. The lowest BCUT2D eigenvalue weighted by Gasteiger charge is -2.33. The summed E-state index contributed by atoms with van der Waals surface area (Å²) in [6, 6.07) is 11.4. The van der Waals surface area contributed by atoms with Crippen LogP contribution in [0, 0.1) is 18.3 Å². The number of hydrogen-bond acceptors (Lipinski definition) is 5. The predicted molar refractivity (Wildman–Crippen MR) is 111 cm³/mol. The zero-order valence-corrected chi connectivity index (χ0v) is 16.5. The molecule has 0 aliphatic carbocycles. The molecule has 1 aliphatic heterocycles. The number of aromatic carboxylic acids is 1. The van der Waals surface area contributed by atoms with Crippen LogP contribution in [0.2, 0.25) is 0 Å². The Kier molecular flexibility index (Phi) is 5.11. The van der Waals surface area contributed by atoms with E-state index in [0.717, 1.165) is 12.8 Å². The predicted octanol–water partition coefficient (Wildman–Crippen LogP) is 2.93. The van der Waals surface area contributed by atoms with Crippen LogP contribution in [-0.2, 0) is 0 Å². The third-order valence-corrected chi connectivity index (χ3v) is 5.56. The molecule has 4 rings (SSSR count). The molecule has 1 aliphatic rings. The minimum absolute atomic E-state index is 0.0200. The molecule has 8 heteroatoms. The van der Waals surface area contributed by atoms with Gasteiger partial charge in [0.05, 0.1) is 28.5 Å². The number of fused-ring (bicyclic) bond motifs is 1. The smallest absolute Gasteiger partial charge is 0.337 e. The number of aryl methyl sites for hydroxylation is 1. The highest BCUT2D eigenvalue weighted by molar-refractivity contribution is 5.95. The van der Waals surface area contributed by atoms with Crippen LogP contribution < -0.4 is 5.32 Å². The van der Waals surface area contributed by atoms with Crippen molar-refractivity contribution in [1.29, 1.82) is 5.26 Å². The number of carbonyl (C=O) groups is 2. The lowest BCUT2D eigenvalue weighted by Crippen LogP contribution is -2.42. The Morgan fingerprint density at radius 1 is 1.23 bits per heavy atom. The lowest BCUT2D eigenvalue weighted by molar-refractivity contribution is 0.0693. The Morgan fingerprint density at radius 2 is 1.93 bits per heavy atom. The number of likely N-dealkylation sites (tertiary alicyclic amines) is 1. The standard InChI is InChI=1S/C22H21N5O3/c1-14-18(22(29)30)13-27-20(14)19(16(11-23)12-24-27)25-17-7-9-26(10-8-17)21(28)15-5-3-2-4-6-15/h2-6,12-13,17,25H,7-10H2,1H3,(H,29,30). The molecule has 2 aromatic heterocycles. The fourth-order valence-corrected chi connectivity index (χ4v) is 3.93. The molecular formula is C22H21N5O3. The number of nitriles is 1. The maximum absolute atomic E-state index is 12.6. The molecule has 1 aromatic carbocycles. The van der Waals surface area contributed by atoms with Crippen LogP contribution in [0.1, 0.15) is 44.7 Å². The van der Waals surface area contributed by atoms with E-state index < -0.39 is 5.97 Å². The molecule has 30 heavy (non-hydrogen) atoms. The molecule has 1 fully saturated rings. The molecule has 0 bridgehead atoms. The van der Waals surface area contributed by atoms with E-state index in [9.17, 15) is 20.0 Å². The molecule has 8 nitrogen and oxygen atoms in total. The van der Waals surface area contributed by atoms with Crippen molar-refractivity contribution < 1.29 is 14.7 Å². The molecule has 3 heterocycles. The van der Waals surface area contributed by atoms with Crippen LogP contribution in [0.4, 0.5) is 5.69 Å². The first-order valence-electron chi connectivity index (χ1n) is 9.74. The molecule has 1 amide bonds. The van der Waals surface area contributed by atoms with E-state index in [2.05, 4.69) is 16.5 Å². The first-order valence-corrected chi connectivity index (χ1v) is 9.74. The Morgan fingerprint density at radius 3 is 2.57 bits per heavy atom. The van der Waals surface area contributed by atoms with Crippen LogP contribution >= 0.6 is 0 Å². The first-order chi connectivity index (χ1) is 14.5. The minimum Gasteiger partial charge on any atom is -0.478 e. The third kappa shape index (κ3) is 3.46. The maximum atomic E-state index is 12.6. The summed E-state index contributed by atoms with van der Waals surface area (Å²) in [7, 11) is 0. The number of aromatic nitrogens is 2. The molecule has 0 atom stereocenters. The van der Waals surface area contributed by atoms with Crippen LogP contribution in [0.5, 0.6) is 0 Å². The highest BCUT2D eigenvalue weighted by Gasteiger charge is 2.26. The highest BCUT2D eigenvalue weighted by atomic mass is 16.4. The zero-order valence-electron chi connectivity index (χ0n) is 16.5. The largest absolute Gasteiger partial charge is 0.478 e. The molecule has 3 aromatic rings. The van der Waals surface area contributed by atoms with Gasteiger partial charge in [0.1, 0.15) is 6.07 Å². The topological polar surface area (TPSA) is 111 Å². The monoisotopic (exact) mass is 403 g/mol. The molecular weight excluding hydrogens is 382 g/mol. The van der Waals surface area contributed by atoms with E-state index in [4.69, 9.17) is 0 Å². The van der Waals surface area contributed by atoms with Gasteiger partial charge in [0, 0.05) is 30.9 Å². The van der Waals surface area contributed by atoms with Gasteiger partial charge >= 0.3 is 5.97 Å². The fourth-order valence-electron chi connectivity index (χ4n) is 3.93. The molecule has 0 unspecified atom stereocenters. The Labute approximate surface area is 173 Å². The van der Waals surface area contributed by atoms with E-state index in [-0.39, 0.29) is 17.5 Å². The third-order valence-electron chi connectivity index (χ3n) is 5.56. The number of benzene rings is 1. The number of rotatable bonds is 4. The van der Waals surface area contributed by atoms with Crippen molar-refractivity contribution in [3.63, 3.8) is 0 Å². The molecule has 2 N–H and O–H groups in total. The van der Waals surface area contributed by atoms with Crippen molar-refractivity contribution in [3.05, 3.63) is 65.0 Å². The molecule has 152 valence electrons.